The molecule has 4 rings (SSSR count). The van der Waals surface area contributed by atoms with Gasteiger partial charge in [-0.1, -0.05) is 6.42 Å². The van der Waals surface area contributed by atoms with Crippen LogP contribution in [0.25, 0.3) is 11.0 Å². The lowest BCUT2D eigenvalue weighted by molar-refractivity contribution is 0.251. The molecule has 148 valence electrons. The molecule has 0 spiro atoms. The minimum absolute atomic E-state index is 0.0940. The first kappa shape index (κ1) is 18.3. The first-order chi connectivity index (χ1) is 13.5. The summed E-state index contributed by atoms with van der Waals surface area (Å²) >= 11 is 0. The standard InChI is InChI=1S/C19H25N7O2/c1-12-9-14-15(25(3)19(28)24(14)2)10-13(12)21-18(27)20-11-17-23-22-16-7-5-4-6-8-26(16)17/h9-10H,4-8,11H2,1-3H3,(H2,20,21,27). The molecule has 2 aromatic heterocycles. The van der Waals surface area contributed by atoms with E-state index in [4.69, 9.17) is 0 Å². The van der Waals surface area contributed by atoms with Crippen molar-refractivity contribution in [2.75, 3.05) is 5.32 Å². The Morgan fingerprint density at radius 1 is 1.11 bits per heavy atom. The molecule has 9 heteroatoms. The van der Waals surface area contributed by atoms with Crippen molar-refractivity contribution in [2.24, 2.45) is 14.1 Å². The van der Waals surface area contributed by atoms with Crippen LogP contribution in [0.4, 0.5) is 10.5 Å². The topological polar surface area (TPSA) is 98.8 Å². The smallest absolute Gasteiger partial charge is 0.328 e. The molecule has 2 amide bonds. The van der Waals surface area contributed by atoms with Crippen LogP contribution in [-0.2, 0) is 33.6 Å². The Morgan fingerprint density at radius 2 is 1.86 bits per heavy atom. The summed E-state index contributed by atoms with van der Waals surface area (Å²) in [6, 6.07) is 3.42. The van der Waals surface area contributed by atoms with Crippen LogP contribution >= 0.6 is 0 Å². The van der Waals surface area contributed by atoms with E-state index in [1.165, 1.54) is 6.42 Å². The van der Waals surface area contributed by atoms with Gasteiger partial charge in [-0.25, -0.2) is 9.59 Å². The summed E-state index contributed by atoms with van der Waals surface area (Å²) in [4.78, 5) is 24.6. The Hall–Kier alpha value is -3.10. The van der Waals surface area contributed by atoms with E-state index in [1.807, 2.05) is 19.1 Å². The van der Waals surface area contributed by atoms with Crippen LogP contribution in [0.5, 0.6) is 0 Å². The fraction of sp³-hybridized carbons (Fsp3) is 0.474. The van der Waals surface area contributed by atoms with Crippen LogP contribution in [0.15, 0.2) is 16.9 Å². The number of aromatic nitrogens is 5. The van der Waals surface area contributed by atoms with Crippen LogP contribution in [-0.4, -0.2) is 29.9 Å². The fourth-order valence-corrected chi connectivity index (χ4v) is 3.79. The maximum atomic E-state index is 12.4. The highest BCUT2D eigenvalue weighted by Crippen LogP contribution is 2.22. The Bertz CT molecular complexity index is 1110. The second-order valence-electron chi connectivity index (χ2n) is 7.36. The predicted octanol–water partition coefficient (Wildman–Crippen LogP) is 1.83. The Morgan fingerprint density at radius 3 is 2.64 bits per heavy atom. The van der Waals surface area contributed by atoms with E-state index >= 15 is 0 Å². The molecular weight excluding hydrogens is 358 g/mol. The Labute approximate surface area is 162 Å². The minimum Gasteiger partial charge on any atom is -0.331 e. The zero-order valence-corrected chi connectivity index (χ0v) is 16.4. The average molecular weight is 383 g/mol. The van der Waals surface area contributed by atoms with Gasteiger partial charge in [0.1, 0.15) is 5.82 Å². The van der Waals surface area contributed by atoms with Crippen molar-refractivity contribution in [1.29, 1.82) is 0 Å². The number of hydrogen-bond acceptors (Lipinski definition) is 4. The van der Waals surface area contributed by atoms with Gasteiger partial charge >= 0.3 is 11.7 Å². The van der Waals surface area contributed by atoms with Gasteiger partial charge in [0.05, 0.1) is 17.6 Å². The van der Waals surface area contributed by atoms with Gasteiger partial charge in [0.25, 0.3) is 0 Å². The molecule has 0 unspecified atom stereocenters. The zero-order valence-electron chi connectivity index (χ0n) is 16.4. The first-order valence-electron chi connectivity index (χ1n) is 9.57. The number of aryl methyl sites for hydroxylation is 4. The van der Waals surface area contributed by atoms with Crippen molar-refractivity contribution in [3.8, 4) is 0 Å². The monoisotopic (exact) mass is 383 g/mol. The van der Waals surface area contributed by atoms with Crippen molar-refractivity contribution < 1.29 is 4.79 Å². The Kier molecular flexibility index (Phi) is 4.66. The van der Waals surface area contributed by atoms with Crippen molar-refractivity contribution in [2.45, 2.75) is 45.7 Å². The summed E-state index contributed by atoms with van der Waals surface area (Å²) in [7, 11) is 3.46. The van der Waals surface area contributed by atoms with Gasteiger partial charge in [-0.3, -0.25) is 9.13 Å². The van der Waals surface area contributed by atoms with Crippen LogP contribution < -0.4 is 16.3 Å². The number of nitrogens with one attached hydrogen (secondary N) is 2. The summed E-state index contributed by atoms with van der Waals surface area (Å²) in [5.41, 5.74) is 3.08. The first-order valence-corrected chi connectivity index (χ1v) is 9.57. The third kappa shape index (κ3) is 3.17. The molecule has 0 saturated heterocycles. The molecule has 0 aliphatic carbocycles. The molecule has 0 saturated carbocycles. The lowest BCUT2D eigenvalue weighted by atomic mass is 10.1. The Balaban J connectivity index is 1.48. The van der Waals surface area contributed by atoms with Gasteiger partial charge in [-0.15, -0.1) is 10.2 Å². The second-order valence-corrected chi connectivity index (χ2v) is 7.36. The van der Waals surface area contributed by atoms with E-state index in [1.54, 1.807) is 23.2 Å². The van der Waals surface area contributed by atoms with Crippen molar-refractivity contribution in [3.05, 3.63) is 39.8 Å². The van der Waals surface area contributed by atoms with Gasteiger partial charge in [-0.2, -0.15) is 0 Å². The molecule has 0 radical (unpaired) electrons. The summed E-state index contributed by atoms with van der Waals surface area (Å²) in [5.74, 6) is 1.78. The SMILES string of the molecule is Cc1cc2c(cc1NC(=O)NCc1nnc3n1CCCCC3)n(C)c(=O)n2C. The fourth-order valence-electron chi connectivity index (χ4n) is 3.79. The normalized spacial score (nSPS) is 14.0. The summed E-state index contributed by atoms with van der Waals surface area (Å²) in [5, 5.41) is 14.2. The molecule has 1 aliphatic heterocycles. The number of benzene rings is 1. The van der Waals surface area contributed by atoms with Gasteiger partial charge < -0.3 is 15.2 Å². The maximum Gasteiger partial charge on any atom is 0.328 e. The minimum atomic E-state index is -0.311. The average Bonchev–Trinajstić information content (AvgIpc) is 3.02. The number of nitrogens with zero attached hydrogens (tertiary/aromatic N) is 5. The van der Waals surface area contributed by atoms with Crippen LogP contribution in [0.2, 0.25) is 0 Å². The van der Waals surface area contributed by atoms with Crippen LogP contribution in [0, 0.1) is 6.92 Å². The van der Waals surface area contributed by atoms with Gasteiger partial charge in [0, 0.05) is 32.7 Å². The number of carbonyl (C=O) groups is 1. The molecule has 1 aromatic carbocycles. The molecule has 3 heterocycles. The van der Waals surface area contributed by atoms with Gasteiger partial charge in [0.2, 0.25) is 0 Å². The number of imidazole rings is 1. The van der Waals surface area contributed by atoms with Gasteiger partial charge in [0.15, 0.2) is 5.82 Å². The molecule has 0 atom stereocenters. The largest absolute Gasteiger partial charge is 0.331 e. The van der Waals surface area contributed by atoms with E-state index < -0.39 is 0 Å². The van der Waals surface area contributed by atoms with Crippen molar-refractivity contribution in [3.63, 3.8) is 0 Å². The van der Waals surface area contributed by atoms with Crippen LogP contribution in [0.1, 0.15) is 36.5 Å². The number of carbonyl (C=O) groups excluding carboxylic acids is 1. The zero-order chi connectivity index (χ0) is 19.8. The summed E-state index contributed by atoms with van der Waals surface area (Å²) in [6.07, 6.45) is 4.38. The van der Waals surface area contributed by atoms with E-state index in [-0.39, 0.29) is 11.7 Å². The summed E-state index contributed by atoms with van der Waals surface area (Å²) < 4.78 is 5.29. The lowest BCUT2D eigenvalue weighted by Crippen LogP contribution is -2.29. The predicted molar refractivity (Wildman–Crippen MR) is 106 cm³/mol. The number of urea groups is 1. The molecule has 1 aliphatic rings. The molecule has 2 N–H and O–H groups in total. The van der Waals surface area contributed by atoms with E-state index in [2.05, 4.69) is 25.4 Å². The lowest BCUT2D eigenvalue weighted by Gasteiger charge is -2.11. The highest BCUT2D eigenvalue weighted by atomic mass is 16.2. The highest BCUT2D eigenvalue weighted by Gasteiger charge is 2.16. The molecule has 28 heavy (non-hydrogen) atoms. The van der Waals surface area contributed by atoms with Gasteiger partial charge in [-0.05, 0) is 37.5 Å². The molecular formula is C19H25N7O2. The molecule has 0 bridgehead atoms. The maximum absolute atomic E-state index is 12.4. The molecule has 9 nitrogen and oxygen atoms in total. The van der Waals surface area contributed by atoms with E-state index in [9.17, 15) is 9.59 Å². The number of hydrogen-bond donors (Lipinski definition) is 2. The van der Waals surface area contributed by atoms with E-state index in [0.29, 0.717) is 12.2 Å². The van der Waals surface area contributed by atoms with E-state index in [0.717, 1.165) is 54.1 Å². The van der Waals surface area contributed by atoms with Crippen molar-refractivity contribution in [1.82, 2.24) is 29.2 Å². The third-order valence-electron chi connectivity index (χ3n) is 5.46. The summed E-state index contributed by atoms with van der Waals surface area (Å²) in [6.45, 7) is 3.13. The number of rotatable bonds is 3. The highest BCUT2D eigenvalue weighted by molar-refractivity contribution is 5.93. The number of amides is 2. The third-order valence-corrected chi connectivity index (χ3v) is 5.46. The number of fused-ring (bicyclic) bond motifs is 2. The molecule has 0 fully saturated rings. The molecule has 3 aromatic rings. The second kappa shape index (κ2) is 7.14. The quantitative estimate of drug-likeness (QED) is 0.721. The van der Waals surface area contributed by atoms with Crippen LogP contribution in [0.3, 0.4) is 0 Å². The number of anilines is 1. The van der Waals surface area contributed by atoms with Crippen molar-refractivity contribution >= 4 is 22.8 Å².